The van der Waals surface area contributed by atoms with Crippen LogP contribution in [0.15, 0.2) is 39.0 Å². The standard InChI is InChI=1S/C14H13BrCl2N2O3S2/c1-18(24(21,22)14-6-5-12(17)23-14)8-13(20)19(2)11-4-3-9(15)7-10(11)16/h3-7H,8H2,1-2H3. The van der Waals surface area contributed by atoms with E-state index in [9.17, 15) is 13.2 Å². The lowest BCUT2D eigenvalue weighted by Gasteiger charge is -2.22. The van der Waals surface area contributed by atoms with Gasteiger partial charge in [-0.15, -0.1) is 11.3 Å². The van der Waals surface area contributed by atoms with Crippen LogP contribution < -0.4 is 4.90 Å². The molecular formula is C14H13BrCl2N2O3S2. The van der Waals surface area contributed by atoms with Crippen molar-refractivity contribution in [2.45, 2.75) is 4.21 Å². The third-order valence-electron chi connectivity index (χ3n) is 3.22. The van der Waals surface area contributed by atoms with Crippen molar-refractivity contribution in [3.63, 3.8) is 0 Å². The molecule has 2 rings (SSSR count). The van der Waals surface area contributed by atoms with Crippen LogP contribution in [0.3, 0.4) is 0 Å². The molecular weight excluding hydrogens is 459 g/mol. The summed E-state index contributed by atoms with van der Waals surface area (Å²) in [6.45, 7) is -0.319. The minimum absolute atomic E-state index is 0.0899. The highest BCUT2D eigenvalue weighted by Crippen LogP contribution is 2.29. The normalized spacial score (nSPS) is 11.8. The van der Waals surface area contributed by atoms with Crippen LogP contribution in [-0.4, -0.2) is 39.3 Å². The molecule has 0 aliphatic heterocycles. The number of nitrogens with zero attached hydrogens (tertiary/aromatic N) is 2. The molecule has 10 heteroatoms. The maximum atomic E-state index is 12.4. The van der Waals surface area contributed by atoms with Gasteiger partial charge in [-0.25, -0.2) is 8.42 Å². The molecule has 24 heavy (non-hydrogen) atoms. The third kappa shape index (κ3) is 4.30. The van der Waals surface area contributed by atoms with E-state index in [0.29, 0.717) is 15.0 Å². The second kappa shape index (κ2) is 7.72. The fourth-order valence-electron chi connectivity index (χ4n) is 1.86. The second-order valence-electron chi connectivity index (χ2n) is 4.87. The van der Waals surface area contributed by atoms with Crippen LogP contribution in [0.2, 0.25) is 9.36 Å². The van der Waals surface area contributed by atoms with E-state index in [0.717, 1.165) is 20.1 Å². The Labute approximate surface area is 163 Å². The fraction of sp³-hybridized carbons (Fsp3) is 0.214. The number of anilines is 1. The molecule has 0 N–H and O–H groups in total. The summed E-state index contributed by atoms with van der Waals surface area (Å²) in [6, 6.07) is 8.01. The lowest BCUT2D eigenvalue weighted by Crippen LogP contribution is -2.39. The van der Waals surface area contributed by atoms with Crippen molar-refractivity contribution < 1.29 is 13.2 Å². The number of carbonyl (C=O) groups is 1. The topological polar surface area (TPSA) is 57.7 Å². The molecule has 1 aromatic heterocycles. The number of halogens is 3. The van der Waals surface area contributed by atoms with E-state index < -0.39 is 15.9 Å². The van der Waals surface area contributed by atoms with Gasteiger partial charge >= 0.3 is 0 Å². The Morgan fingerprint density at radius 3 is 2.42 bits per heavy atom. The highest BCUT2D eigenvalue weighted by Gasteiger charge is 2.26. The summed E-state index contributed by atoms with van der Waals surface area (Å²) in [7, 11) is -0.880. The van der Waals surface area contributed by atoms with Crippen molar-refractivity contribution in [3.8, 4) is 0 Å². The van der Waals surface area contributed by atoms with E-state index in [2.05, 4.69) is 15.9 Å². The van der Waals surface area contributed by atoms with Gasteiger partial charge in [0.2, 0.25) is 5.91 Å². The summed E-state index contributed by atoms with van der Waals surface area (Å²) in [5, 5.41) is 0.385. The molecule has 0 unspecified atom stereocenters. The van der Waals surface area contributed by atoms with Crippen molar-refractivity contribution in [1.82, 2.24) is 4.31 Å². The quantitative estimate of drug-likeness (QED) is 0.659. The smallest absolute Gasteiger partial charge is 0.252 e. The van der Waals surface area contributed by atoms with Crippen LogP contribution in [0.4, 0.5) is 5.69 Å². The first kappa shape index (κ1) is 19.7. The Balaban J connectivity index is 2.16. The molecule has 1 aromatic carbocycles. The SMILES string of the molecule is CN(C(=O)CN(C)S(=O)(=O)c1ccc(Cl)s1)c1ccc(Br)cc1Cl. The molecule has 5 nitrogen and oxygen atoms in total. The Morgan fingerprint density at radius 2 is 1.88 bits per heavy atom. The van der Waals surface area contributed by atoms with Gasteiger partial charge in [-0.1, -0.05) is 39.1 Å². The molecule has 0 radical (unpaired) electrons. The average Bonchev–Trinajstić information content (AvgIpc) is 2.93. The largest absolute Gasteiger partial charge is 0.313 e. The predicted octanol–water partition coefficient (Wildman–Crippen LogP) is 4.10. The molecule has 0 spiro atoms. The van der Waals surface area contributed by atoms with Crippen LogP contribution in [0, 0.1) is 0 Å². The molecule has 130 valence electrons. The molecule has 2 aromatic rings. The molecule has 0 fully saturated rings. The maximum absolute atomic E-state index is 12.4. The minimum atomic E-state index is -3.77. The van der Waals surface area contributed by atoms with Crippen LogP contribution in [0.5, 0.6) is 0 Å². The summed E-state index contributed by atoms with van der Waals surface area (Å²) in [6.07, 6.45) is 0. The first-order valence-corrected chi connectivity index (χ1v) is 10.4. The number of carbonyl (C=O) groups excluding carboxylic acids is 1. The van der Waals surface area contributed by atoms with Gasteiger partial charge in [0.1, 0.15) is 4.21 Å². The highest BCUT2D eigenvalue weighted by atomic mass is 79.9. The van der Waals surface area contributed by atoms with Crippen LogP contribution in [-0.2, 0) is 14.8 Å². The summed E-state index contributed by atoms with van der Waals surface area (Å²) in [5.41, 5.74) is 0.495. The molecule has 0 atom stereocenters. The summed E-state index contributed by atoms with van der Waals surface area (Å²) < 4.78 is 27.1. The predicted molar refractivity (Wildman–Crippen MR) is 102 cm³/mol. The molecule has 1 heterocycles. The van der Waals surface area contributed by atoms with Crippen molar-refractivity contribution in [1.29, 1.82) is 0 Å². The molecule has 0 bridgehead atoms. The van der Waals surface area contributed by atoms with E-state index in [4.69, 9.17) is 23.2 Å². The van der Waals surface area contributed by atoms with Gasteiger partial charge in [-0.05, 0) is 30.3 Å². The van der Waals surface area contributed by atoms with Crippen LogP contribution >= 0.6 is 50.5 Å². The van der Waals surface area contributed by atoms with Gasteiger partial charge in [0.15, 0.2) is 0 Å². The van der Waals surface area contributed by atoms with Gasteiger partial charge in [-0.2, -0.15) is 4.31 Å². The number of amides is 1. The van der Waals surface area contributed by atoms with Gasteiger partial charge in [-0.3, -0.25) is 4.79 Å². The van der Waals surface area contributed by atoms with Crippen molar-refractivity contribution in [2.75, 3.05) is 25.5 Å². The number of sulfonamides is 1. The summed E-state index contributed by atoms with van der Waals surface area (Å²) >= 11 is 16.1. The van der Waals surface area contributed by atoms with E-state index in [1.807, 2.05) is 0 Å². The third-order valence-corrected chi connectivity index (χ3v) is 7.51. The first-order valence-electron chi connectivity index (χ1n) is 6.56. The van der Waals surface area contributed by atoms with Gasteiger partial charge in [0.25, 0.3) is 10.0 Å². The van der Waals surface area contributed by atoms with Gasteiger partial charge in [0.05, 0.1) is 21.6 Å². The molecule has 0 saturated heterocycles. The zero-order chi connectivity index (χ0) is 18.1. The number of thiophene rings is 1. The molecule has 0 saturated carbocycles. The highest BCUT2D eigenvalue weighted by molar-refractivity contribution is 9.10. The number of hydrogen-bond acceptors (Lipinski definition) is 4. The Kier molecular flexibility index (Phi) is 6.33. The van der Waals surface area contributed by atoms with Crippen molar-refractivity contribution in [2.24, 2.45) is 0 Å². The van der Waals surface area contributed by atoms with Gasteiger partial charge in [0, 0.05) is 18.6 Å². The monoisotopic (exact) mass is 470 g/mol. The lowest BCUT2D eigenvalue weighted by molar-refractivity contribution is -0.118. The number of benzene rings is 1. The maximum Gasteiger partial charge on any atom is 0.252 e. The van der Waals surface area contributed by atoms with Crippen LogP contribution in [0.25, 0.3) is 0 Å². The summed E-state index contributed by atoms with van der Waals surface area (Å²) in [5.74, 6) is -0.409. The minimum Gasteiger partial charge on any atom is -0.313 e. The zero-order valence-electron chi connectivity index (χ0n) is 12.7. The Hall–Kier alpha value is -0.640. The molecule has 0 aliphatic rings. The molecule has 0 aliphatic carbocycles. The van der Waals surface area contributed by atoms with E-state index in [1.165, 1.54) is 24.1 Å². The summed E-state index contributed by atoms with van der Waals surface area (Å²) in [4.78, 5) is 13.7. The first-order chi connectivity index (χ1) is 11.1. The van der Waals surface area contributed by atoms with Crippen molar-refractivity contribution >= 4 is 72.1 Å². The number of hydrogen-bond donors (Lipinski definition) is 0. The fourth-order valence-corrected chi connectivity index (χ4v) is 5.47. The van der Waals surface area contributed by atoms with Crippen molar-refractivity contribution in [3.05, 3.63) is 44.2 Å². The van der Waals surface area contributed by atoms with Gasteiger partial charge < -0.3 is 4.90 Å². The lowest BCUT2D eigenvalue weighted by atomic mass is 10.3. The Bertz CT molecular complexity index is 871. The average molecular weight is 472 g/mol. The molecule has 1 amide bonds. The number of likely N-dealkylation sites (N-methyl/N-ethyl adjacent to an activating group) is 2. The van der Waals surface area contributed by atoms with E-state index >= 15 is 0 Å². The van der Waals surface area contributed by atoms with E-state index in [1.54, 1.807) is 25.2 Å². The zero-order valence-corrected chi connectivity index (χ0v) is 17.4. The second-order valence-corrected chi connectivity index (χ2v) is 10.2. The number of rotatable bonds is 5. The Morgan fingerprint density at radius 1 is 1.21 bits per heavy atom. The van der Waals surface area contributed by atoms with Crippen LogP contribution in [0.1, 0.15) is 0 Å². The van der Waals surface area contributed by atoms with E-state index in [-0.39, 0.29) is 10.8 Å².